The molecule has 0 aliphatic carbocycles. The van der Waals surface area contributed by atoms with Crippen molar-refractivity contribution in [3.05, 3.63) is 34.9 Å². The molecular weight excluding hydrogens is 271 g/mol. The van der Waals surface area contributed by atoms with Crippen molar-refractivity contribution in [2.75, 3.05) is 6.54 Å². The molecule has 5 heteroatoms. The minimum absolute atomic E-state index is 0. The molecule has 0 fully saturated rings. The van der Waals surface area contributed by atoms with E-state index in [1.54, 1.807) is 0 Å². The molecule has 1 aromatic rings. The van der Waals surface area contributed by atoms with E-state index in [1.807, 2.05) is 31.2 Å². The largest absolute Gasteiger partial charge is 0.351 e. The van der Waals surface area contributed by atoms with Crippen molar-refractivity contribution in [2.24, 2.45) is 0 Å². The maximum Gasteiger partial charge on any atom is 0.237 e. The molecule has 0 heterocycles. The molecule has 0 saturated heterocycles. The van der Waals surface area contributed by atoms with Crippen LogP contribution in [0.15, 0.2) is 24.3 Å². The zero-order chi connectivity index (χ0) is 12.7. The molecule has 0 spiro atoms. The Hall–Kier alpha value is -0.770. The van der Waals surface area contributed by atoms with Gasteiger partial charge in [-0.15, -0.1) is 12.4 Å². The van der Waals surface area contributed by atoms with Crippen LogP contribution in [0, 0.1) is 0 Å². The van der Waals surface area contributed by atoms with E-state index in [-0.39, 0.29) is 24.4 Å². The highest BCUT2D eigenvalue weighted by Crippen LogP contribution is 2.14. The molecule has 1 aromatic carbocycles. The standard InChI is InChI=1S/C13H19ClN2O.ClH/c1-3-8-15-10(2)13(17)16-9-11-6-4-5-7-12(11)14;/h4-7,10,15H,3,8-9H2,1-2H3,(H,16,17);1H. The highest BCUT2D eigenvalue weighted by atomic mass is 35.5. The average molecular weight is 291 g/mol. The topological polar surface area (TPSA) is 41.1 Å². The van der Waals surface area contributed by atoms with Crippen LogP contribution in [0.3, 0.4) is 0 Å². The second-order valence-corrected chi connectivity index (χ2v) is 4.39. The third-order valence-corrected chi connectivity index (χ3v) is 2.87. The monoisotopic (exact) mass is 290 g/mol. The quantitative estimate of drug-likeness (QED) is 0.846. The molecule has 0 aliphatic rings. The smallest absolute Gasteiger partial charge is 0.237 e. The lowest BCUT2D eigenvalue weighted by atomic mass is 10.2. The van der Waals surface area contributed by atoms with Gasteiger partial charge in [0.15, 0.2) is 0 Å². The number of benzene rings is 1. The van der Waals surface area contributed by atoms with Crippen LogP contribution in [0.5, 0.6) is 0 Å². The lowest BCUT2D eigenvalue weighted by molar-refractivity contribution is -0.122. The Labute approximate surface area is 120 Å². The summed E-state index contributed by atoms with van der Waals surface area (Å²) in [4.78, 5) is 11.7. The van der Waals surface area contributed by atoms with E-state index in [0.717, 1.165) is 18.5 Å². The molecular formula is C13H20Cl2N2O. The molecule has 0 saturated carbocycles. The number of halogens is 2. The Morgan fingerprint density at radius 2 is 2.06 bits per heavy atom. The first kappa shape index (κ1) is 17.2. The van der Waals surface area contributed by atoms with Crippen molar-refractivity contribution in [2.45, 2.75) is 32.9 Å². The first-order valence-electron chi connectivity index (χ1n) is 5.89. The van der Waals surface area contributed by atoms with Crippen LogP contribution < -0.4 is 10.6 Å². The van der Waals surface area contributed by atoms with Gasteiger partial charge in [-0.05, 0) is 31.5 Å². The average Bonchev–Trinajstić information content (AvgIpc) is 2.34. The maximum atomic E-state index is 11.7. The number of hydrogen-bond acceptors (Lipinski definition) is 2. The molecule has 0 bridgehead atoms. The number of rotatable bonds is 6. The van der Waals surface area contributed by atoms with Crippen LogP contribution in [0.1, 0.15) is 25.8 Å². The molecule has 1 rings (SSSR count). The van der Waals surface area contributed by atoms with Crippen LogP contribution in [-0.2, 0) is 11.3 Å². The molecule has 2 N–H and O–H groups in total. The van der Waals surface area contributed by atoms with Gasteiger partial charge in [0.1, 0.15) is 0 Å². The summed E-state index contributed by atoms with van der Waals surface area (Å²) in [5.74, 6) is -0.00151. The summed E-state index contributed by atoms with van der Waals surface area (Å²) >= 11 is 6.00. The van der Waals surface area contributed by atoms with E-state index in [1.165, 1.54) is 0 Å². The van der Waals surface area contributed by atoms with Crippen molar-refractivity contribution in [3.63, 3.8) is 0 Å². The van der Waals surface area contributed by atoms with Gasteiger partial charge in [-0.25, -0.2) is 0 Å². The molecule has 0 radical (unpaired) electrons. The maximum absolute atomic E-state index is 11.7. The lowest BCUT2D eigenvalue weighted by Gasteiger charge is -2.13. The predicted octanol–water partition coefficient (Wildman–Crippen LogP) is 2.77. The van der Waals surface area contributed by atoms with Crippen molar-refractivity contribution in [1.82, 2.24) is 10.6 Å². The van der Waals surface area contributed by atoms with Crippen LogP contribution >= 0.6 is 24.0 Å². The number of carbonyl (C=O) groups is 1. The van der Waals surface area contributed by atoms with Gasteiger partial charge in [0.25, 0.3) is 0 Å². The van der Waals surface area contributed by atoms with Crippen molar-refractivity contribution >= 4 is 29.9 Å². The molecule has 0 aromatic heterocycles. The van der Waals surface area contributed by atoms with Crippen molar-refractivity contribution < 1.29 is 4.79 Å². The Balaban J connectivity index is 0.00000289. The highest BCUT2D eigenvalue weighted by molar-refractivity contribution is 6.31. The number of nitrogens with one attached hydrogen (secondary N) is 2. The summed E-state index contributed by atoms with van der Waals surface area (Å²) in [6.07, 6.45) is 1.02. The van der Waals surface area contributed by atoms with Gasteiger partial charge in [-0.1, -0.05) is 36.7 Å². The van der Waals surface area contributed by atoms with E-state index >= 15 is 0 Å². The van der Waals surface area contributed by atoms with Gasteiger partial charge in [0.2, 0.25) is 5.91 Å². The molecule has 3 nitrogen and oxygen atoms in total. The minimum atomic E-state index is -0.169. The summed E-state index contributed by atoms with van der Waals surface area (Å²) in [5.41, 5.74) is 0.935. The second-order valence-electron chi connectivity index (χ2n) is 3.99. The fraction of sp³-hybridized carbons (Fsp3) is 0.462. The Bertz CT molecular complexity index is 372. The van der Waals surface area contributed by atoms with Crippen LogP contribution in [0.25, 0.3) is 0 Å². The zero-order valence-electron chi connectivity index (χ0n) is 10.7. The van der Waals surface area contributed by atoms with Gasteiger partial charge in [-0.2, -0.15) is 0 Å². The van der Waals surface area contributed by atoms with Gasteiger partial charge in [-0.3, -0.25) is 4.79 Å². The third-order valence-electron chi connectivity index (χ3n) is 2.50. The van der Waals surface area contributed by atoms with Gasteiger partial charge >= 0.3 is 0 Å². The van der Waals surface area contributed by atoms with Crippen LogP contribution in [0.4, 0.5) is 0 Å². The molecule has 1 atom stereocenters. The van der Waals surface area contributed by atoms with E-state index < -0.39 is 0 Å². The lowest BCUT2D eigenvalue weighted by Crippen LogP contribution is -2.42. The Morgan fingerprint density at radius 1 is 1.39 bits per heavy atom. The summed E-state index contributed by atoms with van der Waals surface area (Å²) in [5, 5.41) is 6.68. The molecule has 102 valence electrons. The fourth-order valence-electron chi connectivity index (χ4n) is 1.43. The minimum Gasteiger partial charge on any atom is -0.351 e. The third kappa shape index (κ3) is 5.71. The Morgan fingerprint density at radius 3 is 2.67 bits per heavy atom. The van der Waals surface area contributed by atoms with E-state index in [4.69, 9.17) is 11.6 Å². The van der Waals surface area contributed by atoms with Crippen LogP contribution in [0.2, 0.25) is 5.02 Å². The fourth-order valence-corrected chi connectivity index (χ4v) is 1.63. The van der Waals surface area contributed by atoms with Gasteiger partial charge < -0.3 is 10.6 Å². The summed E-state index contributed by atoms with van der Waals surface area (Å²) < 4.78 is 0. The van der Waals surface area contributed by atoms with Crippen molar-refractivity contribution in [1.29, 1.82) is 0 Å². The highest BCUT2D eigenvalue weighted by Gasteiger charge is 2.11. The summed E-state index contributed by atoms with van der Waals surface area (Å²) in [6.45, 7) is 5.25. The van der Waals surface area contributed by atoms with Crippen LogP contribution in [-0.4, -0.2) is 18.5 Å². The number of hydrogen-bond donors (Lipinski definition) is 2. The number of amides is 1. The molecule has 18 heavy (non-hydrogen) atoms. The molecule has 0 aliphatic heterocycles. The molecule has 1 unspecified atom stereocenters. The summed E-state index contributed by atoms with van der Waals surface area (Å²) in [6, 6.07) is 7.34. The predicted molar refractivity (Wildman–Crippen MR) is 78.3 cm³/mol. The normalized spacial score (nSPS) is 11.5. The summed E-state index contributed by atoms with van der Waals surface area (Å²) in [7, 11) is 0. The zero-order valence-corrected chi connectivity index (χ0v) is 12.3. The van der Waals surface area contributed by atoms with Gasteiger partial charge in [0, 0.05) is 11.6 Å². The van der Waals surface area contributed by atoms with E-state index in [0.29, 0.717) is 11.6 Å². The Kier molecular flexibility index (Phi) is 8.81. The van der Waals surface area contributed by atoms with Crippen molar-refractivity contribution in [3.8, 4) is 0 Å². The molecule has 1 amide bonds. The second kappa shape index (κ2) is 9.20. The first-order valence-corrected chi connectivity index (χ1v) is 6.27. The SMILES string of the molecule is CCCNC(C)C(=O)NCc1ccccc1Cl.Cl. The first-order chi connectivity index (χ1) is 8.15. The van der Waals surface area contributed by atoms with E-state index in [2.05, 4.69) is 17.6 Å². The van der Waals surface area contributed by atoms with E-state index in [9.17, 15) is 4.79 Å². The number of carbonyl (C=O) groups excluding carboxylic acids is 1. The van der Waals surface area contributed by atoms with Gasteiger partial charge in [0.05, 0.1) is 6.04 Å².